The van der Waals surface area contributed by atoms with Gasteiger partial charge in [0.05, 0.1) is 28.9 Å². The average molecular weight is 326 g/mol. The maximum atomic E-state index is 12.3. The van der Waals surface area contributed by atoms with Gasteiger partial charge in [0.25, 0.3) is 0 Å². The lowest BCUT2D eigenvalue weighted by atomic mass is 9.85. The smallest absolute Gasteiger partial charge is 0.323 e. The van der Waals surface area contributed by atoms with Gasteiger partial charge in [0.1, 0.15) is 0 Å². The van der Waals surface area contributed by atoms with E-state index >= 15 is 0 Å². The molecule has 0 spiro atoms. The monoisotopic (exact) mass is 326 g/mol. The average Bonchev–Trinajstić information content (AvgIpc) is 2.81. The van der Waals surface area contributed by atoms with Crippen LogP contribution in [0.15, 0.2) is 23.4 Å². The molecule has 1 N–H and O–H groups in total. The van der Waals surface area contributed by atoms with Crippen LogP contribution in [0.25, 0.3) is 0 Å². The highest BCUT2D eigenvalue weighted by Crippen LogP contribution is 2.48. The molecule has 1 aliphatic rings. The molecule has 0 aromatic rings. The van der Waals surface area contributed by atoms with Gasteiger partial charge in [0, 0.05) is 0 Å². The minimum absolute atomic E-state index is 0.0583. The van der Waals surface area contributed by atoms with Crippen LogP contribution in [-0.4, -0.2) is 45.9 Å². The highest BCUT2D eigenvalue weighted by Gasteiger charge is 2.55. The van der Waals surface area contributed by atoms with Crippen molar-refractivity contribution in [1.82, 2.24) is 0 Å². The molecule has 1 atom stereocenters. The molecular formula is C16H26O5Si. The van der Waals surface area contributed by atoms with Crippen molar-refractivity contribution in [3.8, 4) is 0 Å². The van der Waals surface area contributed by atoms with E-state index in [0.29, 0.717) is 12.8 Å². The molecule has 6 heteroatoms. The van der Waals surface area contributed by atoms with Crippen molar-refractivity contribution in [2.24, 2.45) is 11.3 Å². The number of carbonyl (C=O) groups is 2. The van der Waals surface area contributed by atoms with E-state index in [2.05, 4.69) is 25.3 Å². The Morgan fingerprint density at radius 2 is 1.82 bits per heavy atom. The minimum Gasteiger partial charge on any atom is -0.468 e. The Morgan fingerprint density at radius 3 is 2.23 bits per heavy atom. The van der Waals surface area contributed by atoms with Gasteiger partial charge in [-0.05, 0) is 18.8 Å². The van der Waals surface area contributed by atoms with Crippen molar-refractivity contribution < 1.29 is 24.2 Å². The van der Waals surface area contributed by atoms with Crippen LogP contribution in [0.2, 0.25) is 19.6 Å². The Bertz CT molecular complexity index is 471. The van der Waals surface area contributed by atoms with Gasteiger partial charge in [-0.3, -0.25) is 9.59 Å². The summed E-state index contributed by atoms with van der Waals surface area (Å²) >= 11 is 0. The van der Waals surface area contributed by atoms with Crippen LogP contribution in [0, 0.1) is 11.3 Å². The Morgan fingerprint density at radius 1 is 1.27 bits per heavy atom. The Labute approximate surface area is 133 Å². The van der Waals surface area contributed by atoms with E-state index in [9.17, 15) is 9.59 Å². The standard InChI is InChI=1S/C16H26O5Si/c1-20-14(18)16(15(19)21-2)9-12(7-6-8-17)13(10-16)11-22(3,4)5/h6-7,11-12,17H,8-10H2,1-5H3/b7-6+,13-11+. The molecule has 0 bridgehead atoms. The molecule has 0 amide bonds. The summed E-state index contributed by atoms with van der Waals surface area (Å²) in [6.45, 7) is 6.52. The molecule has 0 aromatic heterocycles. The van der Waals surface area contributed by atoms with Crippen LogP contribution in [0.4, 0.5) is 0 Å². The van der Waals surface area contributed by atoms with E-state index in [4.69, 9.17) is 14.6 Å². The van der Waals surface area contributed by atoms with Crippen molar-refractivity contribution in [2.75, 3.05) is 20.8 Å². The van der Waals surface area contributed by atoms with Crippen LogP contribution in [-0.2, 0) is 19.1 Å². The van der Waals surface area contributed by atoms with Crippen molar-refractivity contribution >= 4 is 20.0 Å². The minimum atomic E-state index is -1.52. The number of ether oxygens (including phenoxy) is 2. The van der Waals surface area contributed by atoms with E-state index in [1.54, 1.807) is 6.08 Å². The number of rotatable bonds is 5. The van der Waals surface area contributed by atoms with Crippen LogP contribution in [0.3, 0.4) is 0 Å². The fourth-order valence-corrected chi connectivity index (χ4v) is 4.40. The third-order valence-corrected chi connectivity index (χ3v) is 5.03. The molecule has 0 heterocycles. The fraction of sp³-hybridized carbons (Fsp3) is 0.625. The lowest BCUT2D eigenvalue weighted by Gasteiger charge is -2.22. The summed E-state index contributed by atoms with van der Waals surface area (Å²) in [6, 6.07) is 0. The molecule has 1 saturated carbocycles. The van der Waals surface area contributed by atoms with Crippen LogP contribution in [0.5, 0.6) is 0 Å². The normalized spacial score (nSPS) is 23.0. The first-order chi connectivity index (χ1) is 10.2. The van der Waals surface area contributed by atoms with Gasteiger partial charge in [0.15, 0.2) is 5.41 Å². The van der Waals surface area contributed by atoms with E-state index in [1.165, 1.54) is 14.2 Å². The Hall–Kier alpha value is -1.40. The summed E-state index contributed by atoms with van der Waals surface area (Å²) in [5, 5.41) is 9.01. The van der Waals surface area contributed by atoms with Crippen molar-refractivity contribution in [3.05, 3.63) is 23.4 Å². The first kappa shape index (κ1) is 18.6. The Balaban J connectivity index is 3.29. The van der Waals surface area contributed by atoms with Crippen molar-refractivity contribution in [1.29, 1.82) is 0 Å². The van der Waals surface area contributed by atoms with Gasteiger partial charge >= 0.3 is 11.9 Å². The van der Waals surface area contributed by atoms with Gasteiger partial charge in [-0.2, -0.15) is 0 Å². The predicted octanol–water partition coefficient (Wildman–Crippen LogP) is 2.08. The second-order valence-electron chi connectivity index (χ2n) is 6.75. The zero-order valence-corrected chi connectivity index (χ0v) is 15.0. The summed E-state index contributed by atoms with van der Waals surface area (Å²) in [6.07, 6.45) is 4.14. The lowest BCUT2D eigenvalue weighted by Crippen LogP contribution is -2.39. The number of hydrogen-bond donors (Lipinski definition) is 1. The first-order valence-electron chi connectivity index (χ1n) is 7.36. The molecule has 0 radical (unpaired) electrons. The molecule has 1 rings (SSSR count). The molecule has 1 fully saturated rings. The van der Waals surface area contributed by atoms with Gasteiger partial charge in [-0.15, -0.1) is 0 Å². The van der Waals surface area contributed by atoms with Gasteiger partial charge in [-0.25, -0.2) is 0 Å². The summed E-state index contributed by atoms with van der Waals surface area (Å²) in [4.78, 5) is 24.5. The van der Waals surface area contributed by atoms with Crippen LogP contribution < -0.4 is 0 Å². The first-order valence-corrected chi connectivity index (χ1v) is 10.9. The quantitative estimate of drug-likeness (QED) is 0.362. The van der Waals surface area contributed by atoms with E-state index in [1.807, 2.05) is 6.08 Å². The second kappa shape index (κ2) is 7.24. The van der Waals surface area contributed by atoms with Crippen molar-refractivity contribution in [2.45, 2.75) is 32.5 Å². The van der Waals surface area contributed by atoms with E-state index < -0.39 is 25.4 Å². The molecule has 0 saturated heterocycles. The molecular weight excluding hydrogens is 300 g/mol. The van der Waals surface area contributed by atoms with E-state index in [0.717, 1.165) is 5.57 Å². The lowest BCUT2D eigenvalue weighted by molar-refractivity contribution is -0.168. The van der Waals surface area contributed by atoms with Gasteiger partial charge in [0.2, 0.25) is 0 Å². The summed E-state index contributed by atoms with van der Waals surface area (Å²) < 4.78 is 9.73. The molecule has 124 valence electrons. The number of hydrogen-bond acceptors (Lipinski definition) is 5. The maximum Gasteiger partial charge on any atom is 0.323 e. The zero-order valence-electron chi connectivity index (χ0n) is 14.0. The SMILES string of the molecule is COC(=O)C1(C(=O)OC)C/C(=C\[Si](C)(C)C)C(/C=C/CO)C1. The maximum absolute atomic E-state index is 12.3. The predicted molar refractivity (Wildman–Crippen MR) is 86.8 cm³/mol. The summed E-state index contributed by atoms with van der Waals surface area (Å²) in [5.74, 6) is -1.17. The Kier molecular flexibility index (Phi) is 6.14. The van der Waals surface area contributed by atoms with Crippen molar-refractivity contribution in [3.63, 3.8) is 0 Å². The number of methoxy groups -OCH3 is 2. The molecule has 0 aromatic carbocycles. The van der Waals surface area contributed by atoms with Crippen LogP contribution >= 0.6 is 0 Å². The topological polar surface area (TPSA) is 72.8 Å². The number of allylic oxidation sites excluding steroid dienone is 2. The highest BCUT2D eigenvalue weighted by molar-refractivity contribution is 6.81. The largest absolute Gasteiger partial charge is 0.468 e. The zero-order chi connectivity index (χ0) is 17.0. The number of esters is 2. The number of aliphatic hydroxyl groups excluding tert-OH is 1. The van der Waals surface area contributed by atoms with Gasteiger partial charge in [-0.1, -0.05) is 43.1 Å². The molecule has 1 aliphatic carbocycles. The number of aliphatic hydroxyl groups is 1. The molecule has 22 heavy (non-hydrogen) atoms. The van der Waals surface area contributed by atoms with Crippen LogP contribution in [0.1, 0.15) is 12.8 Å². The highest BCUT2D eigenvalue weighted by atomic mass is 28.3. The summed E-state index contributed by atoms with van der Waals surface area (Å²) in [7, 11) is 1.05. The summed E-state index contributed by atoms with van der Waals surface area (Å²) in [5.41, 5.74) is 1.99. The van der Waals surface area contributed by atoms with E-state index in [-0.39, 0.29) is 12.5 Å². The molecule has 1 unspecified atom stereocenters. The van der Waals surface area contributed by atoms with Gasteiger partial charge < -0.3 is 14.6 Å². The third-order valence-electron chi connectivity index (χ3n) is 3.80. The fourth-order valence-electron chi connectivity index (χ4n) is 2.97. The molecule has 5 nitrogen and oxygen atoms in total. The second-order valence-corrected chi connectivity index (χ2v) is 11.8. The molecule has 0 aliphatic heterocycles. The number of carbonyl (C=O) groups excluding carboxylic acids is 2. The third kappa shape index (κ3) is 4.07.